The van der Waals surface area contributed by atoms with Gasteiger partial charge in [-0.05, 0) is 79.3 Å². The van der Waals surface area contributed by atoms with Crippen molar-refractivity contribution in [3.63, 3.8) is 0 Å². The molecule has 0 spiro atoms. The smallest absolute Gasteiger partial charge is 0.240 e. The lowest BCUT2D eigenvalue weighted by molar-refractivity contribution is -0.183. The first-order valence-corrected chi connectivity index (χ1v) is 16.1. The number of hydrogen-bond acceptors (Lipinski definition) is 8. The van der Waals surface area contributed by atoms with Crippen molar-refractivity contribution in [2.24, 2.45) is 29.1 Å². The van der Waals surface area contributed by atoms with Crippen molar-refractivity contribution >= 4 is 11.6 Å². The number of aliphatic hydroxyl groups excluding tert-OH is 2. The third kappa shape index (κ3) is 5.97. The van der Waals surface area contributed by atoms with Gasteiger partial charge in [0.25, 0.3) is 0 Å². The molecule has 1 heterocycles. The zero-order valence-electron chi connectivity index (χ0n) is 27.6. The Morgan fingerprint density at radius 2 is 1.98 bits per heavy atom. The summed E-state index contributed by atoms with van der Waals surface area (Å²) in [5.41, 5.74) is 5.38. The minimum Gasteiger partial charge on any atom is -0.496 e. The molecule has 44 heavy (non-hydrogen) atoms. The molecule has 242 valence electrons. The van der Waals surface area contributed by atoms with Crippen LogP contribution in [0.15, 0.2) is 36.4 Å². The summed E-state index contributed by atoms with van der Waals surface area (Å²) < 4.78 is 6.03. The van der Waals surface area contributed by atoms with E-state index in [2.05, 4.69) is 54.5 Å². The van der Waals surface area contributed by atoms with Gasteiger partial charge < -0.3 is 30.5 Å². The fraction of sp³-hybridized carbons (Fsp3) is 0.629. The minimum atomic E-state index is -0.850. The summed E-state index contributed by atoms with van der Waals surface area (Å²) in [5.74, 6) is 1.52. The van der Waals surface area contributed by atoms with Gasteiger partial charge in [0.05, 0.1) is 26.4 Å². The van der Waals surface area contributed by atoms with Crippen LogP contribution in [0.4, 0.5) is 5.69 Å². The second kappa shape index (κ2) is 13.0. The third-order valence-electron chi connectivity index (χ3n) is 10.9. The van der Waals surface area contributed by atoms with Crippen LogP contribution in [0.3, 0.4) is 0 Å². The van der Waals surface area contributed by atoms with E-state index in [0.717, 1.165) is 40.9 Å². The molecule has 0 unspecified atom stereocenters. The first-order valence-electron chi connectivity index (χ1n) is 16.1. The molecule has 1 aliphatic heterocycles. The lowest BCUT2D eigenvalue weighted by Gasteiger charge is -2.62. The highest BCUT2D eigenvalue weighted by molar-refractivity contribution is 5.83. The van der Waals surface area contributed by atoms with Crippen LogP contribution in [0.5, 0.6) is 5.75 Å². The average Bonchev–Trinajstić information content (AvgIpc) is 3.36. The number of methoxy groups -OCH3 is 1. The fourth-order valence-electron chi connectivity index (χ4n) is 8.22. The first-order chi connectivity index (χ1) is 20.9. The molecule has 1 amide bonds. The van der Waals surface area contributed by atoms with E-state index in [0.29, 0.717) is 28.9 Å². The Bertz CT molecular complexity index is 1330. The van der Waals surface area contributed by atoms with Gasteiger partial charge in [-0.3, -0.25) is 9.63 Å². The molecular weight excluding hydrogens is 556 g/mol. The predicted molar refractivity (Wildman–Crippen MR) is 173 cm³/mol. The molecule has 0 radical (unpaired) electrons. The highest BCUT2D eigenvalue weighted by Crippen LogP contribution is 2.61. The van der Waals surface area contributed by atoms with E-state index in [9.17, 15) is 15.0 Å². The number of carbonyl (C=O) groups excluding carboxylic acids is 1. The monoisotopic (exact) mass is 608 g/mol. The first kappa shape index (κ1) is 32.7. The molecule has 2 aromatic carbocycles. The molecule has 3 saturated carbocycles. The van der Waals surface area contributed by atoms with E-state index in [1.54, 1.807) is 19.1 Å². The molecule has 4 fully saturated rings. The summed E-state index contributed by atoms with van der Waals surface area (Å²) in [7, 11) is 7.65. The molecule has 3 aliphatic carbocycles. The van der Waals surface area contributed by atoms with E-state index >= 15 is 0 Å². The van der Waals surface area contributed by atoms with Gasteiger partial charge in [-0.25, -0.2) is 0 Å². The molecule has 4 aliphatic rings. The minimum absolute atomic E-state index is 0.0811. The van der Waals surface area contributed by atoms with Crippen molar-refractivity contribution in [3.05, 3.63) is 47.5 Å². The van der Waals surface area contributed by atoms with Gasteiger partial charge in [0.15, 0.2) is 0 Å². The van der Waals surface area contributed by atoms with Gasteiger partial charge >= 0.3 is 0 Å². The van der Waals surface area contributed by atoms with Crippen LogP contribution < -0.4 is 20.3 Å². The number of fused-ring (bicyclic) bond motifs is 2. The largest absolute Gasteiger partial charge is 0.496 e. The zero-order valence-corrected chi connectivity index (χ0v) is 27.6. The van der Waals surface area contributed by atoms with Gasteiger partial charge in [0.2, 0.25) is 5.91 Å². The highest BCUT2D eigenvalue weighted by Gasteiger charge is 2.57. The number of nitrogens with one attached hydrogen (secondary N) is 2. The van der Waals surface area contributed by atoms with Crippen LogP contribution >= 0.6 is 0 Å². The Hall–Kier alpha value is -2.69. The Balaban J connectivity index is 1.45. The lowest BCUT2D eigenvalue weighted by Crippen LogP contribution is -2.62. The molecule has 8 atom stereocenters. The van der Waals surface area contributed by atoms with E-state index in [4.69, 9.17) is 9.57 Å². The normalized spacial score (nSPS) is 30.0. The van der Waals surface area contributed by atoms with Crippen LogP contribution in [0, 0.1) is 29.1 Å². The van der Waals surface area contributed by atoms with Crippen LogP contribution in [0.25, 0.3) is 11.1 Å². The predicted octanol–water partition coefficient (Wildman–Crippen LogP) is 3.81. The summed E-state index contributed by atoms with van der Waals surface area (Å²) in [4.78, 5) is 22.4. The number of aliphatic hydroxyl groups is 2. The van der Waals surface area contributed by atoms with Crippen LogP contribution in [-0.2, 0) is 22.7 Å². The van der Waals surface area contributed by atoms with E-state index < -0.39 is 24.2 Å². The Kier molecular flexibility index (Phi) is 9.64. The maximum absolute atomic E-state index is 14.1. The van der Waals surface area contributed by atoms with E-state index in [1.165, 1.54) is 6.42 Å². The summed E-state index contributed by atoms with van der Waals surface area (Å²) in [6, 6.07) is 11.8. The number of nitrogens with zero attached hydrogens (tertiary/aromatic N) is 2. The number of hydrogen-bond donors (Lipinski definition) is 4. The van der Waals surface area contributed by atoms with Crippen LogP contribution in [-0.4, -0.2) is 80.3 Å². The Morgan fingerprint density at radius 1 is 1.23 bits per heavy atom. The molecule has 4 N–H and O–H groups in total. The van der Waals surface area contributed by atoms with E-state index in [-0.39, 0.29) is 25.1 Å². The molecule has 2 aromatic rings. The highest BCUT2D eigenvalue weighted by atomic mass is 16.7. The molecule has 6 rings (SSSR count). The number of hydroxylamine groups is 2. The molecule has 1 saturated heterocycles. The quantitative estimate of drug-likeness (QED) is 0.305. The van der Waals surface area contributed by atoms with Gasteiger partial charge in [0.1, 0.15) is 17.9 Å². The van der Waals surface area contributed by atoms with Crippen molar-refractivity contribution in [3.8, 4) is 16.9 Å². The second-order valence-electron chi connectivity index (χ2n) is 14.0. The maximum Gasteiger partial charge on any atom is 0.240 e. The molecule has 9 nitrogen and oxygen atoms in total. The summed E-state index contributed by atoms with van der Waals surface area (Å²) in [6.45, 7) is 9.31. The number of amides is 1. The van der Waals surface area contributed by atoms with Crippen molar-refractivity contribution in [1.82, 2.24) is 15.7 Å². The van der Waals surface area contributed by atoms with Gasteiger partial charge in [0, 0.05) is 49.4 Å². The Labute approximate surface area is 262 Å². The molecule has 0 aromatic heterocycles. The maximum atomic E-state index is 14.1. The number of rotatable bonds is 11. The van der Waals surface area contributed by atoms with E-state index in [1.807, 2.05) is 39.3 Å². The standard InChI is InChI=1S/C35H52N4O5/c1-20-28-15-25(35(28,3)4)16-29(20)37-34(42)32-31(21(2)41)30(19-40)44-39(32)18-23-10-9-11-27(33(23)43-8)24-12-22(17-36-5)13-26(14-24)38(6)7/h9-14,20-21,25,28-32,36,40-41H,15-19H2,1-8H3,(H,37,42)/t20-,21-,25+,28+,29-,30-,31+,32-/m0/s1. The Morgan fingerprint density at radius 3 is 2.57 bits per heavy atom. The topological polar surface area (TPSA) is 107 Å². The van der Waals surface area contributed by atoms with Crippen molar-refractivity contribution in [2.45, 2.75) is 77.9 Å². The number of para-hydroxylation sites is 1. The molecule has 9 heteroatoms. The summed E-state index contributed by atoms with van der Waals surface area (Å²) >= 11 is 0. The molecule has 2 bridgehead atoms. The molecular formula is C35H52N4O5. The van der Waals surface area contributed by atoms with Crippen molar-refractivity contribution in [1.29, 1.82) is 0 Å². The lowest BCUT2D eigenvalue weighted by atomic mass is 9.45. The average molecular weight is 609 g/mol. The zero-order chi connectivity index (χ0) is 31.9. The summed E-state index contributed by atoms with van der Waals surface area (Å²) in [6.07, 6.45) is 0.643. The number of carbonyl (C=O) groups is 1. The number of benzene rings is 2. The SMILES string of the molecule is CNCc1cc(-c2cccc(CN3O[C@@H](CO)[C@@H]([C@H](C)O)[C@H]3C(=O)N[C@H]3C[C@H]4C[C@H]([C@@H]3C)C4(C)C)c2OC)cc(N(C)C)c1. The van der Waals surface area contributed by atoms with Crippen LogP contribution in [0.1, 0.15) is 51.7 Å². The third-order valence-corrected chi connectivity index (χ3v) is 10.9. The number of ether oxygens (including phenoxy) is 1. The second-order valence-corrected chi connectivity index (χ2v) is 14.0. The summed E-state index contributed by atoms with van der Waals surface area (Å²) in [5, 5.41) is 29.3. The van der Waals surface area contributed by atoms with Crippen molar-refractivity contribution < 1.29 is 24.6 Å². The number of anilines is 1. The van der Waals surface area contributed by atoms with Gasteiger partial charge in [-0.15, -0.1) is 0 Å². The van der Waals surface area contributed by atoms with Gasteiger partial charge in [-0.2, -0.15) is 5.06 Å². The fourth-order valence-corrected chi connectivity index (χ4v) is 8.22. The van der Waals surface area contributed by atoms with Crippen LogP contribution in [0.2, 0.25) is 0 Å². The van der Waals surface area contributed by atoms with Crippen molar-refractivity contribution in [2.75, 3.05) is 39.8 Å². The van der Waals surface area contributed by atoms with Gasteiger partial charge in [-0.1, -0.05) is 39.0 Å².